The molecule has 2 aliphatic rings. The van der Waals surface area contributed by atoms with Crippen LogP contribution >= 0.6 is 0 Å². The summed E-state index contributed by atoms with van der Waals surface area (Å²) in [6.07, 6.45) is 12.6. The summed E-state index contributed by atoms with van der Waals surface area (Å²) in [5.41, 5.74) is -0.225. The minimum absolute atomic E-state index is 0.225. The Morgan fingerprint density at radius 3 is 2.81 bits per heavy atom. The molecule has 0 N–H and O–H groups in total. The second-order valence-corrected chi connectivity index (χ2v) is 9.65. The van der Waals surface area contributed by atoms with Gasteiger partial charge in [-0.1, -0.05) is 19.1 Å². The van der Waals surface area contributed by atoms with Crippen LogP contribution in [0.25, 0.3) is 0 Å². The topological polar surface area (TPSA) is 49.7 Å². The number of allylic oxidation sites excluding steroid dienone is 2. The Balaban J connectivity index is 1.99. The average molecular weight is 312 g/mol. The van der Waals surface area contributed by atoms with E-state index in [0.29, 0.717) is 18.4 Å². The Bertz CT molecular complexity index is 526. The van der Waals surface area contributed by atoms with Crippen molar-refractivity contribution >= 4 is 15.6 Å². The van der Waals surface area contributed by atoms with Crippen molar-refractivity contribution in [3.63, 3.8) is 0 Å². The van der Waals surface area contributed by atoms with Gasteiger partial charge in [0.2, 0.25) is 5.91 Å². The van der Waals surface area contributed by atoms with Crippen LogP contribution in [-0.2, 0) is 14.5 Å². The lowest BCUT2D eigenvalue weighted by Crippen LogP contribution is -2.47. The molecule has 1 aliphatic carbocycles. The first-order chi connectivity index (χ1) is 9.80. The second kappa shape index (κ2) is 6.51. The average Bonchev–Trinajstić information content (AvgIpc) is 2.45. The number of piperidine rings is 1. The number of amides is 1. The highest BCUT2D eigenvalue weighted by Crippen LogP contribution is 2.35. The predicted octanol–water partition coefficient (Wildman–Crippen LogP) is 2.70. The van der Waals surface area contributed by atoms with Crippen LogP contribution in [0.2, 0.25) is 0 Å². The molecule has 0 aromatic carbocycles. The van der Waals surface area contributed by atoms with Gasteiger partial charge < -0.3 is 4.90 Å². The smallest absolute Gasteiger partial charge is 0.228 e. The van der Waals surface area contributed by atoms with Crippen molar-refractivity contribution in [2.24, 2.45) is 15.7 Å². The molecular formula is C16H28N2O2S. The molecule has 21 heavy (non-hydrogen) atoms. The van der Waals surface area contributed by atoms with Crippen molar-refractivity contribution in [1.29, 1.82) is 0 Å². The van der Waals surface area contributed by atoms with Crippen LogP contribution in [0.4, 0.5) is 0 Å². The first kappa shape index (κ1) is 16.5. The van der Waals surface area contributed by atoms with Crippen LogP contribution in [0, 0.1) is 11.3 Å². The summed E-state index contributed by atoms with van der Waals surface area (Å²) in [4.78, 5) is 14.9. The molecule has 5 heteroatoms. The molecule has 0 aromatic rings. The number of carbonyl (C=O) groups excluding carboxylic acids is 1. The van der Waals surface area contributed by atoms with Gasteiger partial charge in [0.15, 0.2) is 0 Å². The van der Waals surface area contributed by atoms with Gasteiger partial charge in [0.05, 0.1) is 12.0 Å². The van der Waals surface area contributed by atoms with Gasteiger partial charge in [-0.3, -0.25) is 9.00 Å². The number of likely N-dealkylation sites (tertiary alicyclic amines) is 1. The molecule has 1 heterocycles. The molecule has 0 spiro atoms. The highest BCUT2D eigenvalue weighted by Gasteiger charge is 2.37. The zero-order valence-corrected chi connectivity index (χ0v) is 14.3. The van der Waals surface area contributed by atoms with E-state index in [1.54, 1.807) is 12.5 Å². The Labute approximate surface area is 129 Å². The fraction of sp³-hybridized carbons (Fsp3) is 0.812. The van der Waals surface area contributed by atoms with E-state index in [0.717, 1.165) is 45.2 Å². The number of hydrogen-bond acceptors (Lipinski definition) is 3. The summed E-state index contributed by atoms with van der Waals surface area (Å²) in [7, 11) is -2.03. The van der Waals surface area contributed by atoms with E-state index in [1.807, 2.05) is 4.90 Å². The van der Waals surface area contributed by atoms with E-state index in [4.69, 9.17) is 0 Å². The van der Waals surface area contributed by atoms with Crippen molar-refractivity contribution in [3.05, 3.63) is 12.2 Å². The lowest BCUT2D eigenvalue weighted by Gasteiger charge is -2.39. The maximum absolute atomic E-state index is 12.8. The number of carbonyl (C=O) groups is 1. The SMILES string of the molecule is CC1(C(=O)N2CCCC(CN=S(C)(C)=O)C2)CC=CCC1. The number of hydrogen-bond donors (Lipinski definition) is 0. The zero-order chi connectivity index (χ0) is 15.5. The highest BCUT2D eigenvalue weighted by atomic mass is 32.2. The maximum Gasteiger partial charge on any atom is 0.228 e. The van der Waals surface area contributed by atoms with Crippen molar-refractivity contribution in [2.75, 3.05) is 32.1 Å². The van der Waals surface area contributed by atoms with E-state index in [-0.39, 0.29) is 5.41 Å². The van der Waals surface area contributed by atoms with Crippen LogP contribution in [0.15, 0.2) is 16.5 Å². The van der Waals surface area contributed by atoms with Gasteiger partial charge in [-0.05, 0) is 38.0 Å². The summed E-state index contributed by atoms with van der Waals surface area (Å²) >= 11 is 0. The molecule has 1 saturated heterocycles. The third kappa shape index (κ3) is 4.56. The molecule has 120 valence electrons. The van der Waals surface area contributed by atoms with Gasteiger partial charge in [-0.15, -0.1) is 0 Å². The standard InChI is InChI=1S/C16H28N2O2S/c1-16(9-5-4-6-10-16)15(19)18-11-7-8-14(13-18)12-17-21(2,3)20/h4-5,14H,6-13H2,1-3H3. The third-order valence-electron chi connectivity index (χ3n) is 4.56. The lowest BCUT2D eigenvalue weighted by atomic mass is 9.77. The van der Waals surface area contributed by atoms with Crippen LogP contribution < -0.4 is 0 Å². The third-order valence-corrected chi connectivity index (χ3v) is 5.33. The summed E-state index contributed by atoms with van der Waals surface area (Å²) in [5, 5.41) is 0. The van der Waals surface area contributed by atoms with Gasteiger partial charge in [0.25, 0.3) is 0 Å². The van der Waals surface area contributed by atoms with E-state index >= 15 is 0 Å². The molecular weight excluding hydrogens is 284 g/mol. The Morgan fingerprint density at radius 2 is 2.19 bits per heavy atom. The molecule has 1 amide bonds. The van der Waals surface area contributed by atoms with E-state index in [1.165, 1.54) is 0 Å². The molecule has 2 rings (SSSR count). The second-order valence-electron chi connectivity index (χ2n) is 7.03. The predicted molar refractivity (Wildman–Crippen MR) is 87.7 cm³/mol. The molecule has 0 radical (unpaired) electrons. The molecule has 1 aliphatic heterocycles. The molecule has 4 nitrogen and oxygen atoms in total. The van der Waals surface area contributed by atoms with Crippen molar-refractivity contribution < 1.29 is 9.00 Å². The molecule has 2 unspecified atom stereocenters. The minimum Gasteiger partial charge on any atom is -0.342 e. The van der Waals surface area contributed by atoms with Crippen molar-refractivity contribution in [2.45, 2.75) is 39.0 Å². The van der Waals surface area contributed by atoms with Crippen molar-refractivity contribution in [1.82, 2.24) is 4.90 Å². The van der Waals surface area contributed by atoms with E-state index in [2.05, 4.69) is 23.4 Å². The van der Waals surface area contributed by atoms with Crippen LogP contribution in [0.3, 0.4) is 0 Å². The Kier molecular flexibility index (Phi) is 5.12. The van der Waals surface area contributed by atoms with Gasteiger partial charge in [0.1, 0.15) is 0 Å². The minimum atomic E-state index is -2.03. The Hall–Kier alpha value is -0.840. The summed E-state index contributed by atoms with van der Waals surface area (Å²) in [5.74, 6) is 0.663. The number of nitrogens with zero attached hydrogens (tertiary/aromatic N) is 2. The highest BCUT2D eigenvalue weighted by molar-refractivity contribution is 7.92. The molecule has 0 aromatic heterocycles. The number of rotatable bonds is 3. The quantitative estimate of drug-likeness (QED) is 0.752. The van der Waals surface area contributed by atoms with Gasteiger partial charge in [-0.25, -0.2) is 4.36 Å². The fourth-order valence-electron chi connectivity index (χ4n) is 3.22. The van der Waals surface area contributed by atoms with E-state index < -0.39 is 9.73 Å². The molecule has 0 saturated carbocycles. The van der Waals surface area contributed by atoms with Crippen molar-refractivity contribution in [3.8, 4) is 0 Å². The maximum atomic E-state index is 12.8. The van der Waals surface area contributed by atoms with Gasteiger partial charge in [-0.2, -0.15) is 0 Å². The van der Waals surface area contributed by atoms with Crippen LogP contribution in [-0.4, -0.2) is 47.2 Å². The first-order valence-corrected chi connectivity index (χ1v) is 10.2. The van der Waals surface area contributed by atoms with Crippen LogP contribution in [0.1, 0.15) is 39.0 Å². The van der Waals surface area contributed by atoms with Crippen LogP contribution in [0.5, 0.6) is 0 Å². The summed E-state index contributed by atoms with van der Waals surface area (Å²) in [6, 6.07) is 0. The summed E-state index contributed by atoms with van der Waals surface area (Å²) < 4.78 is 16.0. The van der Waals surface area contributed by atoms with Gasteiger partial charge in [0, 0.05) is 35.3 Å². The summed E-state index contributed by atoms with van der Waals surface area (Å²) in [6.45, 7) is 4.35. The molecule has 1 fully saturated rings. The molecule has 2 atom stereocenters. The monoisotopic (exact) mass is 312 g/mol. The largest absolute Gasteiger partial charge is 0.342 e. The van der Waals surface area contributed by atoms with E-state index in [9.17, 15) is 9.00 Å². The van der Waals surface area contributed by atoms with Gasteiger partial charge >= 0.3 is 0 Å². The molecule has 0 bridgehead atoms. The lowest BCUT2D eigenvalue weighted by molar-refractivity contribution is -0.143. The zero-order valence-electron chi connectivity index (χ0n) is 13.5. The first-order valence-electron chi connectivity index (χ1n) is 7.87. The normalized spacial score (nSPS) is 30.2. The Morgan fingerprint density at radius 1 is 1.43 bits per heavy atom. The fourth-order valence-corrected chi connectivity index (χ4v) is 3.79.